The quantitative estimate of drug-likeness (QED) is 0.284. The molecule has 0 bridgehead atoms. The average molecular weight is 437 g/mol. The SMILES string of the molecule is CO/N=C(\C)c1cccc(CCCO/N=C2\CCCc3c2nc2ccccc2c3Cl)n1. The van der Waals surface area contributed by atoms with Gasteiger partial charge in [0, 0.05) is 11.1 Å². The van der Waals surface area contributed by atoms with Gasteiger partial charge in [-0.15, -0.1) is 0 Å². The molecule has 1 aliphatic rings. The highest BCUT2D eigenvalue weighted by molar-refractivity contribution is 6.36. The molecule has 7 heteroatoms. The molecular weight excluding hydrogens is 412 g/mol. The lowest BCUT2D eigenvalue weighted by molar-refractivity contribution is 0.141. The molecule has 0 amide bonds. The van der Waals surface area contributed by atoms with Crippen LogP contribution in [-0.2, 0) is 22.5 Å². The molecule has 2 aromatic heterocycles. The Balaban J connectivity index is 1.40. The van der Waals surface area contributed by atoms with Crippen LogP contribution in [0.2, 0.25) is 5.02 Å². The summed E-state index contributed by atoms with van der Waals surface area (Å²) in [6, 6.07) is 13.9. The molecule has 4 rings (SSSR count). The predicted molar refractivity (Wildman–Crippen MR) is 124 cm³/mol. The van der Waals surface area contributed by atoms with Crippen molar-refractivity contribution in [2.45, 2.75) is 39.0 Å². The van der Waals surface area contributed by atoms with Crippen molar-refractivity contribution in [2.75, 3.05) is 13.7 Å². The van der Waals surface area contributed by atoms with Gasteiger partial charge in [-0.05, 0) is 62.8 Å². The van der Waals surface area contributed by atoms with Crippen molar-refractivity contribution in [3.8, 4) is 0 Å². The number of hydrogen-bond acceptors (Lipinski definition) is 6. The monoisotopic (exact) mass is 436 g/mol. The number of nitrogens with zero attached hydrogens (tertiary/aromatic N) is 4. The molecule has 0 unspecified atom stereocenters. The molecule has 0 fully saturated rings. The molecule has 1 aliphatic carbocycles. The summed E-state index contributed by atoms with van der Waals surface area (Å²) in [7, 11) is 1.53. The van der Waals surface area contributed by atoms with E-state index in [4.69, 9.17) is 26.3 Å². The normalized spacial score (nSPS) is 15.2. The van der Waals surface area contributed by atoms with E-state index in [0.717, 1.165) is 82.1 Å². The fraction of sp³-hybridized carbons (Fsp3) is 0.333. The number of fused-ring (bicyclic) bond motifs is 2. The van der Waals surface area contributed by atoms with E-state index in [1.54, 1.807) is 0 Å². The highest BCUT2D eigenvalue weighted by atomic mass is 35.5. The van der Waals surface area contributed by atoms with Crippen molar-refractivity contribution in [3.63, 3.8) is 0 Å². The van der Waals surface area contributed by atoms with E-state index in [-0.39, 0.29) is 0 Å². The number of aromatic nitrogens is 2. The third-order valence-corrected chi connectivity index (χ3v) is 5.72. The highest BCUT2D eigenvalue weighted by Crippen LogP contribution is 2.33. The standard InChI is InChI=1S/C24H25ClN4O2/c1-16(28-30-2)20-13-5-8-17(26-20)9-7-15-31-29-22-14-6-11-19-23(25)18-10-3-4-12-21(18)27-24(19)22/h3-5,8,10,12-13H,6-7,9,11,14-15H2,1-2H3/b28-16+,29-22+. The van der Waals surface area contributed by atoms with Gasteiger partial charge >= 0.3 is 0 Å². The molecule has 3 aromatic rings. The molecule has 0 saturated carbocycles. The van der Waals surface area contributed by atoms with Crippen LogP contribution in [0.3, 0.4) is 0 Å². The van der Waals surface area contributed by atoms with Gasteiger partial charge < -0.3 is 9.68 Å². The Bertz CT molecular complexity index is 1140. The van der Waals surface area contributed by atoms with Crippen molar-refractivity contribution in [2.24, 2.45) is 10.3 Å². The minimum atomic E-state index is 0.511. The Hall–Kier alpha value is -2.99. The summed E-state index contributed by atoms with van der Waals surface area (Å²) in [6.45, 7) is 2.39. The summed E-state index contributed by atoms with van der Waals surface area (Å²) in [5, 5.41) is 10.1. The van der Waals surface area contributed by atoms with E-state index in [0.29, 0.717) is 6.61 Å². The summed E-state index contributed by atoms with van der Waals surface area (Å²) >= 11 is 6.67. The highest BCUT2D eigenvalue weighted by Gasteiger charge is 2.22. The first-order chi connectivity index (χ1) is 15.2. The maximum absolute atomic E-state index is 6.67. The number of aryl methyl sites for hydroxylation is 1. The predicted octanol–water partition coefficient (Wildman–Crippen LogP) is 5.34. The third kappa shape index (κ3) is 4.85. The molecule has 160 valence electrons. The van der Waals surface area contributed by atoms with Gasteiger partial charge in [-0.3, -0.25) is 4.98 Å². The topological polar surface area (TPSA) is 69.0 Å². The zero-order valence-electron chi connectivity index (χ0n) is 17.8. The zero-order chi connectivity index (χ0) is 21.6. The summed E-state index contributed by atoms with van der Waals surface area (Å²) in [5.41, 5.74) is 6.26. The van der Waals surface area contributed by atoms with Gasteiger partial charge in [0.25, 0.3) is 0 Å². The van der Waals surface area contributed by atoms with Crippen LogP contribution >= 0.6 is 11.6 Å². The van der Waals surface area contributed by atoms with Crippen molar-refractivity contribution < 1.29 is 9.68 Å². The minimum Gasteiger partial charge on any atom is -0.399 e. The van der Waals surface area contributed by atoms with E-state index in [1.165, 1.54) is 7.11 Å². The number of benzene rings is 1. The van der Waals surface area contributed by atoms with Crippen molar-refractivity contribution in [3.05, 3.63) is 70.1 Å². The van der Waals surface area contributed by atoms with Crippen LogP contribution in [0.15, 0.2) is 52.8 Å². The molecule has 0 spiro atoms. The Kier molecular flexibility index (Phi) is 6.77. The maximum atomic E-state index is 6.67. The number of halogens is 1. The molecule has 31 heavy (non-hydrogen) atoms. The number of rotatable bonds is 7. The Labute approximate surface area is 186 Å². The molecule has 1 aromatic carbocycles. The van der Waals surface area contributed by atoms with Crippen LogP contribution < -0.4 is 0 Å². The first-order valence-electron chi connectivity index (χ1n) is 10.5. The lowest BCUT2D eigenvalue weighted by atomic mass is 9.93. The second-order valence-corrected chi connectivity index (χ2v) is 7.85. The molecule has 6 nitrogen and oxygen atoms in total. The van der Waals surface area contributed by atoms with Gasteiger partial charge in [0.15, 0.2) is 0 Å². The van der Waals surface area contributed by atoms with Crippen molar-refractivity contribution >= 4 is 33.9 Å². The summed E-state index contributed by atoms with van der Waals surface area (Å²) in [4.78, 5) is 19.9. The summed E-state index contributed by atoms with van der Waals surface area (Å²) in [5.74, 6) is 0. The van der Waals surface area contributed by atoms with E-state index in [9.17, 15) is 0 Å². The lowest BCUT2D eigenvalue weighted by Crippen LogP contribution is -2.15. The summed E-state index contributed by atoms with van der Waals surface area (Å²) < 4.78 is 0. The fourth-order valence-electron chi connectivity index (χ4n) is 3.76. The van der Waals surface area contributed by atoms with Gasteiger partial charge in [0.2, 0.25) is 0 Å². The van der Waals surface area contributed by atoms with E-state index in [2.05, 4.69) is 15.3 Å². The maximum Gasteiger partial charge on any atom is 0.117 e. The largest absolute Gasteiger partial charge is 0.399 e. The van der Waals surface area contributed by atoms with E-state index >= 15 is 0 Å². The van der Waals surface area contributed by atoms with Gasteiger partial charge in [-0.2, -0.15) is 0 Å². The third-order valence-electron chi connectivity index (χ3n) is 5.29. The first kappa shape index (κ1) is 21.2. The Morgan fingerprint density at radius 1 is 1.10 bits per heavy atom. The van der Waals surface area contributed by atoms with Crippen LogP contribution in [-0.4, -0.2) is 35.1 Å². The van der Waals surface area contributed by atoms with Crippen LogP contribution in [0, 0.1) is 0 Å². The molecule has 2 heterocycles. The average Bonchev–Trinajstić information content (AvgIpc) is 2.80. The van der Waals surface area contributed by atoms with Crippen LogP contribution in [0.4, 0.5) is 0 Å². The number of hydrogen-bond donors (Lipinski definition) is 0. The number of oxime groups is 2. The van der Waals surface area contributed by atoms with Crippen LogP contribution in [0.25, 0.3) is 10.9 Å². The second kappa shape index (κ2) is 9.88. The zero-order valence-corrected chi connectivity index (χ0v) is 18.5. The first-order valence-corrected chi connectivity index (χ1v) is 10.9. The van der Waals surface area contributed by atoms with Gasteiger partial charge in [0.1, 0.15) is 25.1 Å². The lowest BCUT2D eigenvalue weighted by Gasteiger charge is -2.19. The number of pyridine rings is 2. The molecule has 0 saturated heterocycles. The van der Waals surface area contributed by atoms with E-state index < -0.39 is 0 Å². The second-order valence-electron chi connectivity index (χ2n) is 7.47. The van der Waals surface area contributed by atoms with Crippen LogP contribution in [0.5, 0.6) is 0 Å². The van der Waals surface area contributed by atoms with E-state index in [1.807, 2.05) is 49.4 Å². The Morgan fingerprint density at radius 2 is 1.97 bits per heavy atom. The molecule has 0 N–H and O–H groups in total. The van der Waals surface area contributed by atoms with Gasteiger partial charge in [-0.25, -0.2) is 4.98 Å². The van der Waals surface area contributed by atoms with Crippen LogP contribution in [0.1, 0.15) is 48.8 Å². The number of para-hydroxylation sites is 1. The molecule has 0 radical (unpaired) electrons. The smallest absolute Gasteiger partial charge is 0.117 e. The minimum absolute atomic E-state index is 0.511. The Morgan fingerprint density at radius 3 is 2.84 bits per heavy atom. The summed E-state index contributed by atoms with van der Waals surface area (Å²) in [6.07, 6.45) is 4.36. The molecular formula is C24H25ClN4O2. The van der Waals surface area contributed by atoms with Crippen molar-refractivity contribution in [1.29, 1.82) is 0 Å². The van der Waals surface area contributed by atoms with Gasteiger partial charge in [-0.1, -0.05) is 46.2 Å². The van der Waals surface area contributed by atoms with Crippen molar-refractivity contribution in [1.82, 2.24) is 9.97 Å². The van der Waals surface area contributed by atoms with Gasteiger partial charge in [0.05, 0.1) is 21.9 Å². The molecule has 0 aliphatic heterocycles. The fourth-order valence-corrected chi connectivity index (χ4v) is 4.11. The molecule has 0 atom stereocenters.